The molecule has 4 rings (SSSR count). The zero-order valence-corrected chi connectivity index (χ0v) is 20.0. The molecule has 2 aromatic rings. The van der Waals surface area contributed by atoms with Crippen LogP contribution in [0.4, 0.5) is 0 Å². The first-order valence-electron chi connectivity index (χ1n) is 11.9. The molecule has 0 amide bonds. The van der Waals surface area contributed by atoms with Crippen molar-refractivity contribution in [3.63, 3.8) is 0 Å². The standard InChI is InChI=1S/C29H33NO3/c1-5-20-11-13-22(14-12-20)27-26(29(32)33-17-18(2)3)19(4)30-24-15-23(16-25(31)28(24)27)21-9-7-6-8-10-21/h6-14,18,23,27,30H,5,15-17H2,1-4H3/t23-,27-/m0/s1. The van der Waals surface area contributed by atoms with Crippen molar-refractivity contribution >= 4 is 11.8 Å². The van der Waals surface area contributed by atoms with Crippen LogP contribution in [0, 0.1) is 5.92 Å². The molecule has 172 valence electrons. The normalized spacial score (nSPS) is 20.6. The van der Waals surface area contributed by atoms with Gasteiger partial charge in [0.05, 0.1) is 12.2 Å². The van der Waals surface area contributed by atoms with Gasteiger partial charge in [-0.2, -0.15) is 0 Å². The number of nitrogens with one attached hydrogen (secondary N) is 1. The van der Waals surface area contributed by atoms with Gasteiger partial charge >= 0.3 is 5.97 Å². The van der Waals surface area contributed by atoms with Crippen LogP contribution in [0.5, 0.6) is 0 Å². The number of Topliss-reactive ketones (excluding diaryl/α,β-unsaturated/α-hetero) is 1. The first-order valence-corrected chi connectivity index (χ1v) is 11.9. The molecule has 2 atom stereocenters. The summed E-state index contributed by atoms with van der Waals surface area (Å²) in [6.07, 6.45) is 2.14. The first-order chi connectivity index (χ1) is 15.9. The van der Waals surface area contributed by atoms with Crippen molar-refractivity contribution in [1.29, 1.82) is 0 Å². The van der Waals surface area contributed by atoms with Gasteiger partial charge in [0.15, 0.2) is 5.78 Å². The summed E-state index contributed by atoms with van der Waals surface area (Å²) in [6.45, 7) is 8.42. The van der Waals surface area contributed by atoms with Crippen molar-refractivity contribution < 1.29 is 14.3 Å². The Bertz CT molecular complexity index is 1090. The van der Waals surface area contributed by atoms with Crippen LogP contribution >= 0.6 is 0 Å². The van der Waals surface area contributed by atoms with E-state index in [0.29, 0.717) is 24.2 Å². The van der Waals surface area contributed by atoms with Gasteiger partial charge in [0, 0.05) is 29.3 Å². The molecule has 0 radical (unpaired) electrons. The highest BCUT2D eigenvalue weighted by Gasteiger charge is 2.41. The van der Waals surface area contributed by atoms with Crippen LogP contribution in [0.3, 0.4) is 0 Å². The van der Waals surface area contributed by atoms with Crippen molar-refractivity contribution in [2.75, 3.05) is 6.61 Å². The summed E-state index contributed by atoms with van der Waals surface area (Å²) < 4.78 is 5.64. The Balaban J connectivity index is 1.76. The molecule has 0 aromatic heterocycles. The first kappa shape index (κ1) is 23.0. The van der Waals surface area contributed by atoms with Crippen LogP contribution < -0.4 is 5.32 Å². The second-order valence-corrected chi connectivity index (χ2v) is 9.52. The lowest BCUT2D eigenvalue weighted by Gasteiger charge is -2.36. The van der Waals surface area contributed by atoms with Crippen LogP contribution in [0.15, 0.2) is 77.1 Å². The van der Waals surface area contributed by atoms with Crippen LogP contribution in [0.1, 0.15) is 69.1 Å². The van der Waals surface area contributed by atoms with E-state index in [4.69, 9.17) is 4.74 Å². The monoisotopic (exact) mass is 443 g/mol. The van der Waals surface area contributed by atoms with Gasteiger partial charge in [-0.3, -0.25) is 4.79 Å². The Labute approximate surface area is 196 Å². The molecule has 0 unspecified atom stereocenters. The highest BCUT2D eigenvalue weighted by molar-refractivity contribution is 6.04. The number of dihydropyridines is 1. The number of ether oxygens (including phenoxy) is 1. The lowest BCUT2D eigenvalue weighted by Crippen LogP contribution is -2.36. The molecule has 4 nitrogen and oxygen atoms in total. The Hall–Kier alpha value is -3.14. The number of esters is 1. The van der Waals surface area contributed by atoms with Crippen LogP contribution in [0.2, 0.25) is 0 Å². The smallest absolute Gasteiger partial charge is 0.336 e. The molecule has 1 N–H and O–H groups in total. The van der Waals surface area contributed by atoms with Gasteiger partial charge in [-0.15, -0.1) is 0 Å². The fourth-order valence-corrected chi connectivity index (χ4v) is 4.87. The average Bonchev–Trinajstić information content (AvgIpc) is 2.82. The maximum Gasteiger partial charge on any atom is 0.336 e. The van der Waals surface area contributed by atoms with Crippen LogP contribution in [-0.2, 0) is 20.7 Å². The summed E-state index contributed by atoms with van der Waals surface area (Å²) in [4.78, 5) is 26.8. The Morgan fingerprint density at radius 1 is 1.03 bits per heavy atom. The lowest BCUT2D eigenvalue weighted by atomic mass is 9.71. The molecule has 1 aliphatic carbocycles. The van der Waals surface area contributed by atoms with Gasteiger partial charge in [0.2, 0.25) is 0 Å². The molecule has 0 bridgehead atoms. The van der Waals surface area contributed by atoms with E-state index < -0.39 is 5.92 Å². The van der Waals surface area contributed by atoms with Crippen molar-refractivity contribution in [3.05, 3.63) is 93.8 Å². The minimum absolute atomic E-state index is 0.101. The van der Waals surface area contributed by atoms with E-state index >= 15 is 0 Å². The van der Waals surface area contributed by atoms with Gasteiger partial charge in [0.25, 0.3) is 0 Å². The quantitative estimate of drug-likeness (QED) is 0.573. The van der Waals surface area contributed by atoms with E-state index in [-0.39, 0.29) is 23.6 Å². The molecular formula is C29H33NO3. The third-order valence-corrected chi connectivity index (χ3v) is 6.59. The lowest BCUT2D eigenvalue weighted by molar-refractivity contribution is -0.140. The molecule has 0 saturated heterocycles. The van der Waals surface area contributed by atoms with Crippen molar-refractivity contribution in [1.82, 2.24) is 5.32 Å². The number of benzene rings is 2. The number of allylic oxidation sites excluding steroid dienone is 3. The number of carbonyl (C=O) groups excluding carboxylic acids is 2. The van der Waals surface area contributed by atoms with Crippen molar-refractivity contribution in [2.45, 2.75) is 58.8 Å². The summed E-state index contributed by atoms with van der Waals surface area (Å²) >= 11 is 0. The molecule has 0 spiro atoms. The van der Waals surface area contributed by atoms with Crippen LogP contribution in [0.25, 0.3) is 0 Å². The van der Waals surface area contributed by atoms with Gasteiger partial charge in [-0.05, 0) is 48.3 Å². The van der Waals surface area contributed by atoms with E-state index in [1.165, 1.54) is 11.1 Å². The molecule has 0 fully saturated rings. The van der Waals surface area contributed by atoms with Crippen molar-refractivity contribution in [2.24, 2.45) is 5.92 Å². The van der Waals surface area contributed by atoms with Gasteiger partial charge in [-0.1, -0.05) is 75.4 Å². The largest absolute Gasteiger partial charge is 0.462 e. The molecule has 1 heterocycles. The zero-order valence-electron chi connectivity index (χ0n) is 20.0. The Morgan fingerprint density at radius 3 is 2.36 bits per heavy atom. The van der Waals surface area contributed by atoms with Gasteiger partial charge < -0.3 is 10.1 Å². The third kappa shape index (κ3) is 4.80. The van der Waals surface area contributed by atoms with Crippen LogP contribution in [-0.4, -0.2) is 18.4 Å². The highest BCUT2D eigenvalue weighted by atomic mass is 16.5. The topological polar surface area (TPSA) is 55.4 Å². The number of aryl methyl sites for hydroxylation is 1. The molecule has 0 saturated carbocycles. The second-order valence-electron chi connectivity index (χ2n) is 9.52. The van der Waals surface area contributed by atoms with E-state index in [1.807, 2.05) is 39.0 Å². The predicted molar refractivity (Wildman–Crippen MR) is 131 cm³/mol. The predicted octanol–water partition coefficient (Wildman–Crippen LogP) is 5.81. The van der Waals surface area contributed by atoms with Gasteiger partial charge in [-0.25, -0.2) is 4.79 Å². The summed E-state index contributed by atoms with van der Waals surface area (Å²) in [5.74, 6) is -0.274. The summed E-state index contributed by atoms with van der Waals surface area (Å²) in [5, 5.41) is 3.43. The van der Waals surface area contributed by atoms with Crippen molar-refractivity contribution in [3.8, 4) is 0 Å². The van der Waals surface area contributed by atoms with E-state index in [2.05, 4.69) is 48.6 Å². The SMILES string of the molecule is CCc1ccc([C@H]2C(C(=O)OCC(C)C)=C(C)NC3=C2C(=O)C[C@@H](c2ccccc2)C3)cc1. The third-order valence-electron chi connectivity index (χ3n) is 6.59. The maximum absolute atomic E-state index is 13.6. The number of ketones is 1. The summed E-state index contributed by atoms with van der Waals surface area (Å²) in [6, 6.07) is 18.5. The number of hydrogen-bond donors (Lipinski definition) is 1. The zero-order chi connectivity index (χ0) is 23.5. The summed E-state index contributed by atoms with van der Waals surface area (Å²) in [7, 11) is 0. The number of carbonyl (C=O) groups is 2. The Morgan fingerprint density at radius 2 is 1.73 bits per heavy atom. The number of hydrogen-bond acceptors (Lipinski definition) is 4. The summed E-state index contributed by atoms with van der Waals surface area (Å²) in [5.41, 5.74) is 6.33. The minimum atomic E-state index is -0.406. The van der Waals surface area contributed by atoms with E-state index in [0.717, 1.165) is 29.8 Å². The molecule has 2 aliphatic rings. The molecule has 33 heavy (non-hydrogen) atoms. The number of rotatable bonds is 6. The minimum Gasteiger partial charge on any atom is -0.462 e. The Kier molecular flexibility index (Phi) is 6.83. The molecular weight excluding hydrogens is 410 g/mol. The van der Waals surface area contributed by atoms with E-state index in [1.54, 1.807) is 0 Å². The fraction of sp³-hybridized carbons (Fsp3) is 0.379. The maximum atomic E-state index is 13.6. The average molecular weight is 444 g/mol. The molecule has 1 aliphatic heterocycles. The van der Waals surface area contributed by atoms with E-state index in [9.17, 15) is 9.59 Å². The molecule has 2 aromatic carbocycles. The fourth-order valence-electron chi connectivity index (χ4n) is 4.87. The molecule has 4 heteroatoms. The second kappa shape index (κ2) is 9.78. The highest BCUT2D eigenvalue weighted by Crippen LogP contribution is 2.45. The van der Waals surface area contributed by atoms with Gasteiger partial charge in [0.1, 0.15) is 0 Å².